The summed E-state index contributed by atoms with van der Waals surface area (Å²) in [6.07, 6.45) is 3.37. The number of benzene rings is 1. The van der Waals surface area contributed by atoms with Gasteiger partial charge in [0.15, 0.2) is 0 Å². The molecule has 0 aliphatic heterocycles. The summed E-state index contributed by atoms with van der Waals surface area (Å²) in [7, 11) is -3.36. The summed E-state index contributed by atoms with van der Waals surface area (Å²) in [5.41, 5.74) is 2.08. The second-order valence-corrected chi connectivity index (χ2v) is 5.84. The molecule has 0 aliphatic rings. The second-order valence-electron chi connectivity index (χ2n) is 4.07. The maximum absolute atomic E-state index is 11.9. The first kappa shape index (κ1) is 13.9. The number of rotatable bonds is 6. The Bertz CT molecular complexity index is 492. The summed E-state index contributed by atoms with van der Waals surface area (Å²) < 4.78 is 26.4. The number of aryl methyl sites for hydroxylation is 2. The first-order valence-electron chi connectivity index (χ1n) is 5.65. The van der Waals surface area contributed by atoms with Crippen LogP contribution in [0.15, 0.2) is 35.7 Å². The van der Waals surface area contributed by atoms with E-state index in [2.05, 4.69) is 11.3 Å². The first-order valence-corrected chi connectivity index (χ1v) is 7.13. The zero-order valence-corrected chi connectivity index (χ0v) is 11.2. The van der Waals surface area contributed by atoms with Crippen LogP contribution in [0.5, 0.6) is 0 Å². The Hall–Kier alpha value is -1.13. The zero-order valence-electron chi connectivity index (χ0n) is 10.4. The lowest BCUT2D eigenvalue weighted by Crippen LogP contribution is -2.24. The van der Waals surface area contributed by atoms with E-state index in [1.54, 1.807) is 18.2 Å². The van der Waals surface area contributed by atoms with E-state index >= 15 is 0 Å². The van der Waals surface area contributed by atoms with Crippen LogP contribution in [-0.2, 0) is 10.0 Å². The van der Waals surface area contributed by atoms with E-state index in [1.807, 2.05) is 19.9 Å². The van der Waals surface area contributed by atoms with Crippen LogP contribution in [0.4, 0.5) is 0 Å². The molecule has 0 saturated carbocycles. The van der Waals surface area contributed by atoms with E-state index in [0.29, 0.717) is 11.4 Å². The van der Waals surface area contributed by atoms with Crippen molar-refractivity contribution in [1.82, 2.24) is 4.72 Å². The summed E-state index contributed by atoms with van der Waals surface area (Å²) in [6, 6.07) is 5.16. The van der Waals surface area contributed by atoms with E-state index in [9.17, 15) is 8.42 Å². The van der Waals surface area contributed by atoms with Crippen LogP contribution in [-0.4, -0.2) is 15.0 Å². The van der Waals surface area contributed by atoms with Crippen molar-refractivity contribution in [1.29, 1.82) is 0 Å². The molecule has 1 N–H and O–H groups in total. The van der Waals surface area contributed by atoms with Crippen molar-refractivity contribution in [3.05, 3.63) is 42.0 Å². The number of unbranched alkanes of at least 4 members (excludes halogenated alkanes) is 1. The third kappa shape index (κ3) is 3.98. The van der Waals surface area contributed by atoms with Crippen LogP contribution in [0, 0.1) is 13.8 Å². The van der Waals surface area contributed by atoms with E-state index in [1.165, 1.54) is 0 Å². The maximum atomic E-state index is 11.9. The van der Waals surface area contributed by atoms with E-state index in [0.717, 1.165) is 24.0 Å². The molecule has 3 nitrogen and oxygen atoms in total. The largest absolute Gasteiger partial charge is 0.240 e. The van der Waals surface area contributed by atoms with Crippen molar-refractivity contribution in [2.45, 2.75) is 31.6 Å². The van der Waals surface area contributed by atoms with E-state index in [4.69, 9.17) is 0 Å². The molecule has 0 radical (unpaired) electrons. The minimum Gasteiger partial charge on any atom is -0.211 e. The molecule has 1 aromatic carbocycles. The lowest BCUT2D eigenvalue weighted by Gasteiger charge is -2.08. The van der Waals surface area contributed by atoms with Gasteiger partial charge in [0, 0.05) is 6.54 Å². The Labute approximate surface area is 104 Å². The minimum absolute atomic E-state index is 0.333. The topological polar surface area (TPSA) is 46.2 Å². The standard InChI is InChI=1S/C13H19NO2S/c1-4-5-6-9-14-17(15,16)13-8-7-11(2)12(3)10-13/h4,7-8,10,14H,1,5-6,9H2,2-3H3. The molecule has 4 heteroatoms. The normalized spacial score (nSPS) is 11.4. The molecule has 0 heterocycles. The highest BCUT2D eigenvalue weighted by molar-refractivity contribution is 7.89. The predicted octanol–water partition coefficient (Wildman–Crippen LogP) is 2.55. The number of nitrogens with one attached hydrogen (secondary N) is 1. The summed E-state index contributed by atoms with van der Waals surface area (Å²) in [5.74, 6) is 0. The lowest BCUT2D eigenvalue weighted by molar-refractivity contribution is 0.579. The van der Waals surface area contributed by atoms with Gasteiger partial charge in [-0.2, -0.15) is 0 Å². The quantitative estimate of drug-likeness (QED) is 0.625. The summed E-state index contributed by atoms with van der Waals surface area (Å²) in [5, 5.41) is 0. The first-order chi connectivity index (χ1) is 7.97. The van der Waals surface area contributed by atoms with Gasteiger partial charge in [-0.3, -0.25) is 0 Å². The van der Waals surface area contributed by atoms with E-state index < -0.39 is 10.0 Å². The van der Waals surface area contributed by atoms with Gasteiger partial charge in [0.05, 0.1) is 4.90 Å². The van der Waals surface area contributed by atoms with E-state index in [-0.39, 0.29) is 0 Å². The Balaban J connectivity index is 2.75. The molecule has 0 saturated heterocycles. The number of sulfonamides is 1. The summed E-state index contributed by atoms with van der Waals surface area (Å²) in [6.45, 7) is 7.91. The van der Waals surface area contributed by atoms with Gasteiger partial charge in [-0.05, 0) is 49.9 Å². The highest BCUT2D eigenvalue weighted by Gasteiger charge is 2.13. The van der Waals surface area contributed by atoms with Crippen LogP contribution >= 0.6 is 0 Å². The average molecular weight is 253 g/mol. The Morgan fingerprint density at radius 1 is 1.29 bits per heavy atom. The Kier molecular flexibility index (Phi) is 4.90. The molecule has 0 amide bonds. The highest BCUT2D eigenvalue weighted by Crippen LogP contribution is 2.14. The smallest absolute Gasteiger partial charge is 0.211 e. The molecule has 0 spiro atoms. The van der Waals surface area contributed by atoms with Gasteiger partial charge >= 0.3 is 0 Å². The maximum Gasteiger partial charge on any atom is 0.240 e. The molecule has 1 rings (SSSR count). The fourth-order valence-electron chi connectivity index (χ4n) is 1.42. The van der Waals surface area contributed by atoms with Crippen molar-refractivity contribution in [3.63, 3.8) is 0 Å². The fourth-order valence-corrected chi connectivity index (χ4v) is 2.58. The molecular formula is C13H19NO2S. The predicted molar refractivity (Wildman–Crippen MR) is 70.5 cm³/mol. The van der Waals surface area contributed by atoms with Crippen LogP contribution in [0.25, 0.3) is 0 Å². The molecule has 17 heavy (non-hydrogen) atoms. The van der Waals surface area contributed by atoms with Crippen molar-refractivity contribution >= 4 is 10.0 Å². The van der Waals surface area contributed by atoms with Crippen LogP contribution in [0.3, 0.4) is 0 Å². The highest BCUT2D eigenvalue weighted by atomic mass is 32.2. The molecule has 0 atom stereocenters. The molecule has 0 unspecified atom stereocenters. The number of hydrogen-bond acceptors (Lipinski definition) is 2. The molecular weight excluding hydrogens is 234 g/mol. The van der Waals surface area contributed by atoms with Crippen LogP contribution < -0.4 is 4.72 Å². The van der Waals surface area contributed by atoms with Gasteiger partial charge in [-0.25, -0.2) is 13.1 Å². The zero-order chi connectivity index (χ0) is 12.9. The fraction of sp³-hybridized carbons (Fsp3) is 0.385. The van der Waals surface area contributed by atoms with Crippen molar-refractivity contribution < 1.29 is 8.42 Å². The second kappa shape index (κ2) is 5.98. The minimum atomic E-state index is -3.36. The monoisotopic (exact) mass is 253 g/mol. The molecule has 1 aromatic rings. The third-order valence-corrected chi connectivity index (χ3v) is 4.12. The van der Waals surface area contributed by atoms with Crippen LogP contribution in [0.2, 0.25) is 0 Å². The van der Waals surface area contributed by atoms with Gasteiger partial charge in [0.1, 0.15) is 0 Å². The SMILES string of the molecule is C=CCCCNS(=O)(=O)c1ccc(C)c(C)c1. The third-order valence-electron chi connectivity index (χ3n) is 2.67. The molecule has 0 aliphatic carbocycles. The Morgan fingerprint density at radius 2 is 2.00 bits per heavy atom. The van der Waals surface area contributed by atoms with Gasteiger partial charge in [0.2, 0.25) is 10.0 Å². The van der Waals surface area contributed by atoms with Crippen molar-refractivity contribution in [3.8, 4) is 0 Å². The molecule has 0 bridgehead atoms. The van der Waals surface area contributed by atoms with Gasteiger partial charge < -0.3 is 0 Å². The van der Waals surface area contributed by atoms with Crippen molar-refractivity contribution in [2.75, 3.05) is 6.54 Å². The summed E-state index contributed by atoms with van der Waals surface area (Å²) >= 11 is 0. The summed E-state index contributed by atoms with van der Waals surface area (Å²) in [4.78, 5) is 0.333. The van der Waals surface area contributed by atoms with Crippen molar-refractivity contribution in [2.24, 2.45) is 0 Å². The molecule has 0 aromatic heterocycles. The molecule has 94 valence electrons. The number of allylic oxidation sites excluding steroid dienone is 1. The molecule has 0 fully saturated rings. The van der Waals surface area contributed by atoms with Crippen LogP contribution in [0.1, 0.15) is 24.0 Å². The average Bonchev–Trinajstić information content (AvgIpc) is 2.28. The number of hydrogen-bond donors (Lipinski definition) is 1. The lowest BCUT2D eigenvalue weighted by atomic mass is 10.1. The Morgan fingerprint density at radius 3 is 2.59 bits per heavy atom. The van der Waals surface area contributed by atoms with Gasteiger partial charge in [-0.15, -0.1) is 6.58 Å². The van der Waals surface area contributed by atoms with Gasteiger partial charge in [0.25, 0.3) is 0 Å². The van der Waals surface area contributed by atoms with Gasteiger partial charge in [-0.1, -0.05) is 12.1 Å².